The molecule has 2 aromatic heterocycles. The van der Waals surface area contributed by atoms with Crippen molar-refractivity contribution in [2.75, 3.05) is 4.90 Å². The lowest BCUT2D eigenvalue weighted by Gasteiger charge is -2.40. The smallest absolute Gasteiger partial charge is 0.0755 e. The Morgan fingerprint density at radius 3 is 1.80 bits per heavy atom. The van der Waals surface area contributed by atoms with Crippen LogP contribution in [0.15, 0.2) is 194 Å². The van der Waals surface area contributed by atoms with Crippen LogP contribution in [0, 0.1) is 0 Å². The summed E-state index contributed by atoms with van der Waals surface area (Å²) in [6.07, 6.45) is 0. The highest BCUT2D eigenvalue weighted by atomic mass is 32.1. The minimum atomic E-state index is -0.542. The van der Waals surface area contributed by atoms with E-state index in [0.717, 1.165) is 11.4 Å². The molecular formula is C58H38N2S. The molecule has 61 heavy (non-hydrogen) atoms. The highest BCUT2D eigenvalue weighted by Gasteiger charge is 2.51. The van der Waals surface area contributed by atoms with Crippen LogP contribution in [-0.4, -0.2) is 4.57 Å². The summed E-state index contributed by atoms with van der Waals surface area (Å²) in [7, 11) is 0. The summed E-state index contributed by atoms with van der Waals surface area (Å²) >= 11 is 1.90. The van der Waals surface area contributed by atoms with Gasteiger partial charge in [-0.2, -0.15) is 0 Å². The molecule has 0 radical (unpaired) electrons. The molecule has 0 amide bonds. The average molecular weight is 795 g/mol. The highest BCUT2D eigenvalue weighted by Crippen LogP contribution is 2.62. The normalized spacial score (nSPS) is 14.7. The number of hydrogen-bond acceptors (Lipinski definition) is 2. The van der Waals surface area contributed by atoms with Crippen molar-refractivity contribution in [2.45, 2.75) is 24.7 Å². The van der Waals surface area contributed by atoms with Crippen LogP contribution < -0.4 is 4.90 Å². The average Bonchev–Trinajstić information content (AvgIpc) is 4.01. The molecule has 0 N–H and O–H groups in total. The Balaban J connectivity index is 1.15. The predicted molar refractivity (Wildman–Crippen MR) is 257 cm³/mol. The Labute approximate surface area is 358 Å². The van der Waals surface area contributed by atoms with E-state index in [1.807, 2.05) is 11.3 Å². The largest absolute Gasteiger partial charge is 0.309 e. The number of nitrogens with zero attached hydrogens (tertiary/aromatic N) is 2. The number of thiophene rings is 1. The third-order valence-corrected chi connectivity index (χ3v) is 15.6. The number of aromatic nitrogens is 1. The van der Waals surface area contributed by atoms with Gasteiger partial charge in [0.15, 0.2) is 0 Å². The van der Waals surface area contributed by atoms with Crippen molar-refractivity contribution < 1.29 is 0 Å². The van der Waals surface area contributed by atoms with Crippen molar-refractivity contribution in [3.63, 3.8) is 0 Å². The Bertz CT molecular complexity index is 3660. The number of rotatable bonds is 3. The first-order valence-electron chi connectivity index (χ1n) is 21.4. The van der Waals surface area contributed by atoms with Crippen LogP contribution >= 0.6 is 11.3 Å². The Hall–Kier alpha value is -7.20. The van der Waals surface area contributed by atoms with Gasteiger partial charge in [0.25, 0.3) is 0 Å². The number of fused-ring (bicyclic) bond motifs is 18. The van der Waals surface area contributed by atoms with E-state index in [2.05, 4.69) is 217 Å². The second-order valence-electron chi connectivity index (χ2n) is 17.6. The Morgan fingerprint density at radius 1 is 0.426 bits per heavy atom. The van der Waals surface area contributed by atoms with Crippen LogP contribution in [-0.2, 0) is 10.8 Å². The van der Waals surface area contributed by atoms with E-state index in [1.165, 1.54) is 109 Å². The number of anilines is 3. The van der Waals surface area contributed by atoms with Crippen LogP contribution in [0.4, 0.5) is 17.1 Å². The van der Waals surface area contributed by atoms with E-state index in [1.54, 1.807) is 0 Å². The quantitative estimate of drug-likeness (QED) is 0.173. The van der Waals surface area contributed by atoms with E-state index in [-0.39, 0.29) is 5.41 Å². The summed E-state index contributed by atoms with van der Waals surface area (Å²) in [5.41, 5.74) is 19.9. The van der Waals surface area contributed by atoms with Gasteiger partial charge in [-0.1, -0.05) is 159 Å². The molecule has 2 nitrogen and oxygen atoms in total. The summed E-state index contributed by atoms with van der Waals surface area (Å²) < 4.78 is 5.15. The van der Waals surface area contributed by atoms with Crippen LogP contribution in [0.1, 0.15) is 47.2 Å². The minimum Gasteiger partial charge on any atom is -0.309 e. The monoisotopic (exact) mass is 794 g/mol. The molecule has 0 bridgehead atoms. The summed E-state index contributed by atoms with van der Waals surface area (Å²) in [6, 6.07) is 73.5. The predicted octanol–water partition coefficient (Wildman–Crippen LogP) is 15.6. The zero-order valence-corrected chi connectivity index (χ0v) is 34.6. The van der Waals surface area contributed by atoms with Gasteiger partial charge >= 0.3 is 0 Å². The first-order valence-corrected chi connectivity index (χ1v) is 22.2. The summed E-state index contributed by atoms with van der Waals surface area (Å²) in [5, 5.41) is 5.12. The summed E-state index contributed by atoms with van der Waals surface area (Å²) in [4.78, 5) is 2.58. The number of para-hydroxylation sites is 2. The lowest BCUT2D eigenvalue weighted by atomic mass is 9.65. The Kier molecular flexibility index (Phi) is 6.48. The van der Waals surface area contributed by atoms with Gasteiger partial charge < -0.3 is 9.47 Å². The van der Waals surface area contributed by atoms with Crippen LogP contribution in [0.3, 0.4) is 0 Å². The van der Waals surface area contributed by atoms with Crippen LogP contribution in [0.5, 0.6) is 0 Å². The van der Waals surface area contributed by atoms with Crippen LogP contribution in [0.2, 0.25) is 0 Å². The molecular weight excluding hydrogens is 757 g/mol. The molecule has 3 aliphatic rings. The van der Waals surface area contributed by atoms with E-state index in [0.29, 0.717) is 0 Å². The van der Waals surface area contributed by atoms with Crippen molar-refractivity contribution in [2.24, 2.45) is 0 Å². The van der Waals surface area contributed by atoms with E-state index in [9.17, 15) is 0 Å². The zero-order chi connectivity index (χ0) is 40.2. The number of hydrogen-bond donors (Lipinski definition) is 0. The lowest BCUT2D eigenvalue weighted by Crippen LogP contribution is -2.33. The van der Waals surface area contributed by atoms with Gasteiger partial charge in [-0.15, -0.1) is 11.3 Å². The molecule has 9 aromatic carbocycles. The molecule has 0 saturated heterocycles. The minimum absolute atomic E-state index is 0.147. The third-order valence-electron chi connectivity index (χ3n) is 14.4. The molecule has 14 rings (SSSR count). The van der Waals surface area contributed by atoms with Gasteiger partial charge in [0.1, 0.15) is 0 Å². The van der Waals surface area contributed by atoms with Gasteiger partial charge in [0, 0.05) is 43.0 Å². The molecule has 2 aliphatic carbocycles. The molecule has 1 aliphatic heterocycles. The molecule has 11 aromatic rings. The fourth-order valence-electron chi connectivity index (χ4n) is 11.9. The summed E-state index contributed by atoms with van der Waals surface area (Å²) in [5.74, 6) is 0. The van der Waals surface area contributed by atoms with E-state index >= 15 is 0 Å². The highest BCUT2D eigenvalue weighted by molar-refractivity contribution is 7.26. The molecule has 0 atom stereocenters. The summed E-state index contributed by atoms with van der Waals surface area (Å²) in [6.45, 7) is 4.78. The van der Waals surface area contributed by atoms with Crippen molar-refractivity contribution in [3.05, 3.63) is 228 Å². The first-order chi connectivity index (χ1) is 30.0. The first kappa shape index (κ1) is 33.6. The van der Waals surface area contributed by atoms with Gasteiger partial charge in [-0.25, -0.2) is 0 Å². The molecule has 0 unspecified atom stereocenters. The Morgan fingerprint density at radius 2 is 1.02 bits per heavy atom. The van der Waals surface area contributed by atoms with E-state index < -0.39 is 5.41 Å². The molecule has 3 heterocycles. The molecule has 0 saturated carbocycles. The molecule has 0 fully saturated rings. The maximum Gasteiger partial charge on any atom is 0.0755 e. The SMILES string of the molecule is CC1(C)c2ccccc2-c2ccc(N(c3cc4c5c(c3)c3ccccc3n5-c3ccccc3C43c4ccccc4-c4ccccc43)c3cccc4c3sc3ccccc34)cc21. The third kappa shape index (κ3) is 4.12. The molecule has 286 valence electrons. The maximum atomic E-state index is 2.58. The second kappa shape index (κ2) is 11.8. The second-order valence-corrected chi connectivity index (χ2v) is 18.6. The topological polar surface area (TPSA) is 8.17 Å². The zero-order valence-electron chi connectivity index (χ0n) is 33.8. The van der Waals surface area contributed by atoms with Gasteiger partial charge in [-0.05, 0) is 104 Å². The number of benzene rings is 9. The lowest BCUT2D eigenvalue weighted by molar-refractivity contribution is 0.660. The molecule has 3 heteroatoms. The standard InChI is InChI=1S/C58H38N2S/c1-57(2)45-22-8-3-16-37(45)40-31-30-35(33-49(40)57)59(53-28-15-21-43-42-20-7-14-29-54(42)61-56(43)53)36-32-44-41-19-6-12-26-51(41)60-52-27-13-11-25-48(52)58(50(34-36)55(44)60)46-23-9-4-17-38(46)39-18-5-10-24-47(39)58/h3-34H,1-2H3. The maximum absolute atomic E-state index is 2.58. The van der Waals surface area contributed by atoms with Crippen molar-refractivity contribution in [3.8, 4) is 27.9 Å². The van der Waals surface area contributed by atoms with Crippen molar-refractivity contribution in [1.82, 2.24) is 4.57 Å². The van der Waals surface area contributed by atoms with Gasteiger partial charge in [0.05, 0.1) is 32.5 Å². The van der Waals surface area contributed by atoms with E-state index in [4.69, 9.17) is 0 Å². The fourth-order valence-corrected chi connectivity index (χ4v) is 13.1. The molecule has 1 spiro atoms. The van der Waals surface area contributed by atoms with Gasteiger partial charge in [-0.3, -0.25) is 0 Å². The van der Waals surface area contributed by atoms with Crippen LogP contribution in [0.25, 0.3) is 69.9 Å². The van der Waals surface area contributed by atoms with Crippen molar-refractivity contribution in [1.29, 1.82) is 0 Å². The van der Waals surface area contributed by atoms with Gasteiger partial charge in [0.2, 0.25) is 0 Å². The van der Waals surface area contributed by atoms with Crippen molar-refractivity contribution >= 4 is 70.4 Å². The fraction of sp³-hybridized carbons (Fsp3) is 0.0690.